The van der Waals surface area contributed by atoms with Crippen LogP contribution in [0.1, 0.15) is 6.92 Å². The van der Waals surface area contributed by atoms with Gasteiger partial charge in [0.05, 0.1) is 6.61 Å². The summed E-state index contributed by atoms with van der Waals surface area (Å²) in [7, 11) is 1.69. The number of benzene rings is 2. The summed E-state index contributed by atoms with van der Waals surface area (Å²) in [6.45, 7) is 2.19. The summed E-state index contributed by atoms with van der Waals surface area (Å²) in [5.41, 5.74) is 0.834. The molecule has 0 spiro atoms. The van der Waals surface area contributed by atoms with Crippen LogP contribution in [-0.4, -0.2) is 19.7 Å². The first-order chi connectivity index (χ1) is 9.25. The van der Waals surface area contributed by atoms with Crippen LogP contribution in [0.25, 0.3) is 0 Å². The van der Waals surface area contributed by atoms with E-state index in [1.54, 1.807) is 14.0 Å². The second kappa shape index (κ2) is 8.75. The van der Waals surface area contributed by atoms with Crippen LogP contribution >= 0.6 is 0 Å². The van der Waals surface area contributed by atoms with Gasteiger partial charge in [-0.3, -0.25) is 4.90 Å². The van der Waals surface area contributed by atoms with Gasteiger partial charge in [-0.25, -0.2) is 4.79 Å². The maximum Gasteiger partial charge on any atom is 0.413 e. The van der Waals surface area contributed by atoms with E-state index in [2.05, 4.69) is 0 Å². The molecular formula is C16H19NO2. The lowest BCUT2D eigenvalue weighted by molar-refractivity contribution is 0.161. The predicted molar refractivity (Wildman–Crippen MR) is 78.3 cm³/mol. The van der Waals surface area contributed by atoms with Gasteiger partial charge >= 0.3 is 6.09 Å². The zero-order valence-electron chi connectivity index (χ0n) is 11.3. The van der Waals surface area contributed by atoms with Crippen LogP contribution in [0.5, 0.6) is 0 Å². The number of carbonyl (C=O) groups is 1. The molecule has 3 nitrogen and oxygen atoms in total. The smallest absolute Gasteiger partial charge is 0.413 e. The van der Waals surface area contributed by atoms with Crippen LogP contribution in [-0.2, 0) is 4.74 Å². The molecule has 100 valence electrons. The van der Waals surface area contributed by atoms with Crippen molar-refractivity contribution < 1.29 is 9.53 Å². The zero-order valence-corrected chi connectivity index (χ0v) is 11.3. The van der Waals surface area contributed by atoms with E-state index in [1.165, 1.54) is 4.90 Å². The standard InChI is InChI=1S/C10H13NO2.C6H6/c1-3-13-10(12)11(2)9-7-5-4-6-8-9;1-2-4-6-5-3-1/h4-8H,3H2,1-2H3;1-6H. The van der Waals surface area contributed by atoms with Crippen molar-refractivity contribution in [1.29, 1.82) is 0 Å². The van der Waals surface area contributed by atoms with E-state index in [0.29, 0.717) is 6.61 Å². The molecular weight excluding hydrogens is 238 g/mol. The summed E-state index contributed by atoms with van der Waals surface area (Å²) < 4.78 is 4.85. The molecule has 0 bridgehead atoms. The fourth-order valence-electron chi connectivity index (χ4n) is 1.36. The van der Waals surface area contributed by atoms with Gasteiger partial charge < -0.3 is 4.74 Å². The molecule has 0 aromatic heterocycles. The Labute approximate surface area is 114 Å². The first-order valence-electron chi connectivity index (χ1n) is 6.21. The van der Waals surface area contributed by atoms with Crippen LogP contribution in [0.4, 0.5) is 10.5 Å². The van der Waals surface area contributed by atoms with E-state index < -0.39 is 0 Å². The van der Waals surface area contributed by atoms with E-state index in [0.717, 1.165) is 5.69 Å². The molecule has 1 amide bonds. The maximum absolute atomic E-state index is 11.2. The molecule has 0 heterocycles. The van der Waals surface area contributed by atoms with Gasteiger partial charge in [-0.15, -0.1) is 0 Å². The third kappa shape index (κ3) is 5.73. The SMILES string of the molecule is CCOC(=O)N(C)c1ccccc1.c1ccccc1. The van der Waals surface area contributed by atoms with Crippen LogP contribution in [0.2, 0.25) is 0 Å². The highest BCUT2D eigenvalue weighted by Crippen LogP contribution is 2.11. The molecule has 0 saturated carbocycles. The van der Waals surface area contributed by atoms with E-state index in [9.17, 15) is 4.79 Å². The van der Waals surface area contributed by atoms with Crippen LogP contribution < -0.4 is 4.90 Å². The molecule has 0 aliphatic carbocycles. The van der Waals surface area contributed by atoms with E-state index >= 15 is 0 Å². The summed E-state index contributed by atoms with van der Waals surface area (Å²) >= 11 is 0. The molecule has 3 heteroatoms. The van der Waals surface area contributed by atoms with Gasteiger partial charge in [0.2, 0.25) is 0 Å². The highest BCUT2D eigenvalue weighted by atomic mass is 16.6. The van der Waals surface area contributed by atoms with Crippen molar-refractivity contribution in [3.63, 3.8) is 0 Å². The van der Waals surface area contributed by atoms with E-state index in [1.807, 2.05) is 66.7 Å². The third-order valence-electron chi connectivity index (χ3n) is 2.35. The van der Waals surface area contributed by atoms with Crippen LogP contribution in [0, 0.1) is 0 Å². The fraction of sp³-hybridized carbons (Fsp3) is 0.188. The van der Waals surface area contributed by atoms with Crippen molar-refractivity contribution in [2.75, 3.05) is 18.6 Å². The largest absolute Gasteiger partial charge is 0.449 e. The minimum Gasteiger partial charge on any atom is -0.449 e. The Bertz CT molecular complexity index is 430. The molecule has 2 rings (SSSR count). The lowest BCUT2D eigenvalue weighted by atomic mass is 10.3. The number of hydrogen-bond acceptors (Lipinski definition) is 2. The van der Waals surface area contributed by atoms with Gasteiger partial charge in [-0.05, 0) is 19.1 Å². The van der Waals surface area contributed by atoms with Crippen molar-refractivity contribution in [3.8, 4) is 0 Å². The Kier molecular flexibility index (Phi) is 6.80. The zero-order chi connectivity index (χ0) is 13.9. The molecule has 0 N–H and O–H groups in total. The molecule has 19 heavy (non-hydrogen) atoms. The molecule has 0 unspecified atom stereocenters. The van der Waals surface area contributed by atoms with Gasteiger partial charge in [0.15, 0.2) is 0 Å². The molecule has 0 fully saturated rings. The lowest BCUT2D eigenvalue weighted by Gasteiger charge is -2.15. The van der Waals surface area contributed by atoms with Crippen molar-refractivity contribution in [3.05, 3.63) is 66.7 Å². The van der Waals surface area contributed by atoms with Gasteiger partial charge in [-0.2, -0.15) is 0 Å². The quantitative estimate of drug-likeness (QED) is 0.814. The molecule has 0 atom stereocenters. The summed E-state index contributed by atoms with van der Waals surface area (Å²) in [6, 6.07) is 21.4. The van der Waals surface area contributed by atoms with E-state index in [4.69, 9.17) is 4.74 Å². The first kappa shape index (κ1) is 14.8. The molecule has 0 saturated heterocycles. The highest BCUT2D eigenvalue weighted by Gasteiger charge is 2.09. The molecule has 0 aliphatic heterocycles. The minimum atomic E-state index is -0.325. The molecule has 2 aromatic rings. The summed E-state index contributed by atoms with van der Waals surface area (Å²) in [4.78, 5) is 12.7. The molecule has 2 aromatic carbocycles. The average molecular weight is 257 g/mol. The van der Waals surface area contributed by atoms with Crippen molar-refractivity contribution in [2.45, 2.75) is 6.92 Å². The monoisotopic (exact) mass is 257 g/mol. The van der Waals surface area contributed by atoms with E-state index in [-0.39, 0.29) is 6.09 Å². The Balaban J connectivity index is 0.000000250. The predicted octanol–water partition coefficient (Wildman–Crippen LogP) is 3.97. The minimum absolute atomic E-state index is 0.325. The summed E-state index contributed by atoms with van der Waals surface area (Å²) in [5, 5.41) is 0. The molecule has 0 aliphatic rings. The van der Waals surface area contributed by atoms with Gasteiger partial charge in [0, 0.05) is 12.7 Å². The fourth-order valence-corrected chi connectivity index (χ4v) is 1.36. The van der Waals surface area contributed by atoms with Crippen LogP contribution in [0.3, 0.4) is 0 Å². The topological polar surface area (TPSA) is 29.5 Å². The summed E-state index contributed by atoms with van der Waals surface area (Å²) in [6.07, 6.45) is -0.325. The number of hydrogen-bond donors (Lipinski definition) is 0. The van der Waals surface area contributed by atoms with Crippen molar-refractivity contribution >= 4 is 11.8 Å². The van der Waals surface area contributed by atoms with Crippen molar-refractivity contribution in [1.82, 2.24) is 0 Å². The van der Waals surface area contributed by atoms with Gasteiger partial charge in [0.1, 0.15) is 0 Å². The Morgan fingerprint density at radius 1 is 0.947 bits per heavy atom. The number of rotatable bonds is 2. The molecule has 0 radical (unpaired) electrons. The van der Waals surface area contributed by atoms with Crippen LogP contribution in [0.15, 0.2) is 66.7 Å². The second-order valence-electron chi connectivity index (χ2n) is 3.75. The normalized spacial score (nSPS) is 8.95. The Morgan fingerprint density at radius 2 is 1.37 bits per heavy atom. The maximum atomic E-state index is 11.2. The summed E-state index contributed by atoms with van der Waals surface area (Å²) in [5.74, 6) is 0. The lowest BCUT2D eigenvalue weighted by Crippen LogP contribution is -2.26. The average Bonchev–Trinajstić information content (AvgIpc) is 2.50. The number of para-hydroxylation sites is 1. The van der Waals surface area contributed by atoms with Gasteiger partial charge in [0.25, 0.3) is 0 Å². The third-order valence-corrected chi connectivity index (χ3v) is 2.35. The second-order valence-corrected chi connectivity index (χ2v) is 3.75. The number of anilines is 1. The number of amides is 1. The first-order valence-corrected chi connectivity index (χ1v) is 6.21. The highest BCUT2D eigenvalue weighted by molar-refractivity contribution is 5.86. The number of ether oxygens (including phenoxy) is 1. The van der Waals surface area contributed by atoms with Crippen molar-refractivity contribution in [2.24, 2.45) is 0 Å². The van der Waals surface area contributed by atoms with Gasteiger partial charge in [-0.1, -0.05) is 54.6 Å². The number of carbonyl (C=O) groups excluding carboxylic acids is 1. The number of nitrogens with zero attached hydrogens (tertiary/aromatic N) is 1. The Hall–Kier alpha value is -2.29. The Morgan fingerprint density at radius 3 is 1.79 bits per heavy atom.